The minimum absolute atomic E-state index is 0.105. The first-order valence-corrected chi connectivity index (χ1v) is 8.49. The molecule has 0 aliphatic rings. The Morgan fingerprint density at radius 2 is 1.83 bits per heavy atom. The molecule has 0 spiro atoms. The largest absolute Gasteiger partial charge is 0.322 e. The van der Waals surface area contributed by atoms with Gasteiger partial charge in [0.1, 0.15) is 6.33 Å². The molecule has 0 bridgehead atoms. The number of carbonyl (C=O) groups is 1. The van der Waals surface area contributed by atoms with E-state index in [1.165, 1.54) is 17.3 Å². The first-order valence-electron chi connectivity index (χ1n) is 7.68. The van der Waals surface area contributed by atoms with Gasteiger partial charge in [-0.1, -0.05) is 19.1 Å². The Labute approximate surface area is 145 Å². The minimum Gasteiger partial charge on any atom is -0.322 e. The first-order chi connectivity index (χ1) is 11.7. The smallest absolute Gasteiger partial charge is 0.255 e. The molecule has 0 aliphatic carbocycles. The average molecular weight is 338 g/mol. The van der Waals surface area contributed by atoms with E-state index in [0.717, 1.165) is 22.2 Å². The molecule has 2 aromatic carbocycles. The van der Waals surface area contributed by atoms with E-state index >= 15 is 0 Å². The molecule has 1 N–H and O–H groups in total. The molecular formula is C18H18N4OS. The maximum Gasteiger partial charge on any atom is 0.255 e. The van der Waals surface area contributed by atoms with Gasteiger partial charge in [-0.3, -0.25) is 4.79 Å². The number of amides is 1. The van der Waals surface area contributed by atoms with Crippen molar-refractivity contribution < 1.29 is 4.79 Å². The van der Waals surface area contributed by atoms with Crippen molar-refractivity contribution in [2.75, 3.05) is 5.32 Å². The molecule has 1 heterocycles. The second-order valence-corrected chi connectivity index (χ2v) is 6.40. The summed E-state index contributed by atoms with van der Waals surface area (Å²) in [6.45, 7) is 2.09. The van der Waals surface area contributed by atoms with E-state index < -0.39 is 0 Å². The third kappa shape index (κ3) is 3.83. The summed E-state index contributed by atoms with van der Waals surface area (Å²) in [7, 11) is 1.90. The highest BCUT2D eigenvalue weighted by Gasteiger charge is 2.07. The molecule has 0 saturated heterocycles. The van der Waals surface area contributed by atoms with Crippen LogP contribution in [0.3, 0.4) is 0 Å². The second-order valence-electron chi connectivity index (χ2n) is 5.36. The number of aromatic nitrogens is 3. The van der Waals surface area contributed by atoms with Crippen LogP contribution in [-0.2, 0) is 13.5 Å². The summed E-state index contributed by atoms with van der Waals surface area (Å²) in [5.41, 5.74) is 2.64. The molecule has 3 rings (SSSR count). The molecule has 0 atom stereocenters. The van der Waals surface area contributed by atoms with Gasteiger partial charge in [0.05, 0.1) is 0 Å². The molecule has 122 valence electrons. The zero-order valence-corrected chi connectivity index (χ0v) is 14.4. The Bertz CT molecular complexity index is 825. The van der Waals surface area contributed by atoms with Crippen molar-refractivity contribution >= 4 is 23.4 Å². The summed E-state index contributed by atoms with van der Waals surface area (Å²) < 4.78 is 1.86. The molecular weight excluding hydrogens is 320 g/mol. The molecule has 1 aromatic heterocycles. The predicted molar refractivity (Wildman–Crippen MR) is 95.3 cm³/mol. The summed E-state index contributed by atoms with van der Waals surface area (Å²) >= 11 is 1.53. The fourth-order valence-electron chi connectivity index (χ4n) is 2.17. The zero-order valence-electron chi connectivity index (χ0n) is 13.6. The number of hydrogen-bond acceptors (Lipinski definition) is 4. The van der Waals surface area contributed by atoms with Crippen LogP contribution in [0.5, 0.6) is 0 Å². The van der Waals surface area contributed by atoms with Crippen molar-refractivity contribution in [3.05, 3.63) is 66.0 Å². The molecule has 0 radical (unpaired) electrons. The normalized spacial score (nSPS) is 10.6. The molecule has 3 aromatic rings. The molecule has 1 amide bonds. The molecule has 0 fully saturated rings. The van der Waals surface area contributed by atoms with Gasteiger partial charge >= 0.3 is 0 Å². The van der Waals surface area contributed by atoms with E-state index in [2.05, 4.69) is 22.4 Å². The lowest BCUT2D eigenvalue weighted by molar-refractivity contribution is 0.102. The van der Waals surface area contributed by atoms with Gasteiger partial charge in [0.2, 0.25) is 0 Å². The van der Waals surface area contributed by atoms with Gasteiger partial charge in [0, 0.05) is 23.2 Å². The number of benzene rings is 2. The van der Waals surface area contributed by atoms with Crippen molar-refractivity contribution in [1.29, 1.82) is 0 Å². The van der Waals surface area contributed by atoms with Crippen LogP contribution in [0.2, 0.25) is 0 Å². The first kappa shape index (κ1) is 16.3. The zero-order chi connectivity index (χ0) is 16.9. The minimum atomic E-state index is -0.105. The van der Waals surface area contributed by atoms with Gasteiger partial charge in [-0.15, -0.1) is 10.2 Å². The Morgan fingerprint density at radius 1 is 1.12 bits per heavy atom. The third-order valence-electron chi connectivity index (χ3n) is 3.62. The Hall–Kier alpha value is -2.60. The van der Waals surface area contributed by atoms with Crippen molar-refractivity contribution in [2.24, 2.45) is 7.05 Å². The number of nitrogens with zero attached hydrogens (tertiary/aromatic N) is 3. The van der Waals surface area contributed by atoms with Crippen LogP contribution in [0.25, 0.3) is 0 Å². The number of hydrogen-bond donors (Lipinski definition) is 1. The van der Waals surface area contributed by atoms with Crippen molar-refractivity contribution in [2.45, 2.75) is 23.4 Å². The van der Waals surface area contributed by atoms with Crippen molar-refractivity contribution in [3.8, 4) is 0 Å². The topological polar surface area (TPSA) is 59.8 Å². The molecule has 5 nitrogen and oxygen atoms in total. The Morgan fingerprint density at radius 3 is 2.42 bits per heavy atom. The van der Waals surface area contributed by atoms with Gasteiger partial charge < -0.3 is 9.88 Å². The van der Waals surface area contributed by atoms with E-state index in [-0.39, 0.29) is 5.91 Å². The quantitative estimate of drug-likeness (QED) is 0.769. The van der Waals surface area contributed by atoms with Crippen LogP contribution >= 0.6 is 11.8 Å². The highest BCUT2D eigenvalue weighted by atomic mass is 32.2. The number of aryl methyl sites for hydroxylation is 2. The van der Waals surface area contributed by atoms with E-state index in [1.54, 1.807) is 6.33 Å². The van der Waals surface area contributed by atoms with E-state index in [4.69, 9.17) is 0 Å². The molecule has 0 aliphatic heterocycles. The lowest BCUT2D eigenvalue weighted by Gasteiger charge is -2.07. The maximum absolute atomic E-state index is 12.3. The van der Waals surface area contributed by atoms with Crippen LogP contribution in [0.4, 0.5) is 5.69 Å². The number of rotatable bonds is 5. The number of anilines is 1. The highest BCUT2D eigenvalue weighted by molar-refractivity contribution is 7.99. The Kier molecular flexibility index (Phi) is 4.96. The van der Waals surface area contributed by atoms with Crippen molar-refractivity contribution in [3.63, 3.8) is 0 Å². The van der Waals surface area contributed by atoms with Gasteiger partial charge in [-0.05, 0) is 60.1 Å². The molecule has 6 heteroatoms. The summed E-state index contributed by atoms with van der Waals surface area (Å²) in [5.74, 6) is -0.105. The lowest BCUT2D eigenvalue weighted by atomic mass is 10.1. The number of carbonyl (C=O) groups excluding carboxylic acids is 1. The van der Waals surface area contributed by atoms with Crippen LogP contribution < -0.4 is 5.32 Å². The van der Waals surface area contributed by atoms with E-state index in [1.807, 2.05) is 60.1 Å². The SMILES string of the molecule is CCc1ccc(C(=O)Nc2ccc(Sc3nncn3C)cc2)cc1. The van der Waals surface area contributed by atoms with Gasteiger partial charge in [-0.2, -0.15) is 0 Å². The highest BCUT2D eigenvalue weighted by Crippen LogP contribution is 2.26. The average Bonchev–Trinajstić information content (AvgIpc) is 3.01. The number of nitrogens with one attached hydrogen (secondary N) is 1. The fourth-order valence-corrected chi connectivity index (χ4v) is 2.93. The summed E-state index contributed by atoms with van der Waals surface area (Å²) in [5, 5.41) is 11.6. The van der Waals surface area contributed by atoms with Gasteiger partial charge in [0.25, 0.3) is 5.91 Å². The van der Waals surface area contributed by atoms with Crippen LogP contribution in [0.1, 0.15) is 22.8 Å². The third-order valence-corrected chi connectivity index (χ3v) is 4.68. The predicted octanol–water partition coefficient (Wildman–Crippen LogP) is 3.78. The van der Waals surface area contributed by atoms with Crippen LogP contribution in [0.15, 0.2) is 64.9 Å². The van der Waals surface area contributed by atoms with E-state index in [0.29, 0.717) is 5.56 Å². The van der Waals surface area contributed by atoms with Gasteiger partial charge in [-0.25, -0.2) is 0 Å². The van der Waals surface area contributed by atoms with Gasteiger partial charge in [0.15, 0.2) is 5.16 Å². The molecule has 0 saturated carbocycles. The lowest BCUT2D eigenvalue weighted by Crippen LogP contribution is -2.11. The summed E-state index contributed by atoms with van der Waals surface area (Å²) in [4.78, 5) is 13.3. The standard InChI is InChI=1S/C18H18N4OS/c1-3-13-4-6-14(7-5-13)17(23)20-15-8-10-16(11-9-15)24-18-21-19-12-22(18)2/h4-12H,3H2,1-2H3,(H,20,23). The van der Waals surface area contributed by atoms with Crippen molar-refractivity contribution in [1.82, 2.24) is 14.8 Å². The summed E-state index contributed by atoms with van der Waals surface area (Å²) in [6, 6.07) is 15.3. The monoisotopic (exact) mass is 338 g/mol. The second kappa shape index (κ2) is 7.31. The molecule has 24 heavy (non-hydrogen) atoms. The van der Waals surface area contributed by atoms with Crippen LogP contribution in [-0.4, -0.2) is 20.7 Å². The summed E-state index contributed by atoms with van der Waals surface area (Å²) in [6.07, 6.45) is 2.63. The van der Waals surface area contributed by atoms with Crippen LogP contribution in [0, 0.1) is 0 Å². The molecule has 0 unspecified atom stereocenters. The Balaban J connectivity index is 1.65. The van der Waals surface area contributed by atoms with E-state index in [9.17, 15) is 4.79 Å². The maximum atomic E-state index is 12.3. The fraction of sp³-hybridized carbons (Fsp3) is 0.167.